The van der Waals surface area contributed by atoms with E-state index in [2.05, 4.69) is 10.7 Å². The molecule has 1 fully saturated rings. The molecule has 5 bridgehead atoms. The van der Waals surface area contributed by atoms with Crippen molar-refractivity contribution in [2.45, 2.75) is 72.1 Å². The van der Waals surface area contributed by atoms with Gasteiger partial charge < -0.3 is 15.2 Å². The minimum atomic E-state index is -1.23. The molecule has 0 radical (unpaired) electrons. The van der Waals surface area contributed by atoms with Crippen LogP contribution in [-0.4, -0.2) is 63.9 Å². The van der Waals surface area contributed by atoms with Gasteiger partial charge in [0.15, 0.2) is 0 Å². The molecule has 3 heterocycles. The number of nitrogens with zero attached hydrogens (tertiary/aromatic N) is 2. The SMILES string of the molecule is CC(C)[C@@H]1CC(=O)C(C)(C)/C=C/c2ccc3ccc(nc3c2)[C@@H](C)OC(=O)C2CCCN(N2)C(=O)[C@H](CO)NC1=O. The number of carbonyl (C=O) groups is 4. The number of esters is 1. The van der Waals surface area contributed by atoms with Gasteiger partial charge in [0.1, 0.15) is 24.0 Å². The van der Waals surface area contributed by atoms with Crippen molar-refractivity contribution < 1.29 is 29.0 Å². The molecular weight excluding hydrogens is 524 g/mol. The van der Waals surface area contributed by atoms with Crippen LogP contribution in [0.1, 0.15) is 71.2 Å². The van der Waals surface area contributed by atoms with Crippen molar-refractivity contribution in [3.05, 3.63) is 47.7 Å². The molecule has 1 aromatic heterocycles. The van der Waals surface area contributed by atoms with E-state index in [1.807, 2.05) is 70.2 Å². The van der Waals surface area contributed by atoms with Crippen molar-refractivity contribution >= 4 is 40.5 Å². The summed E-state index contributed by atoms with van der Waals surface area (Å²) in [6.07, 6.45) is 4.01. The van der Waals surface area contributed by atoms with Crippen LogP contribution < -0.4 is 10.7 Å². The Kier molecular flexibility index (Phi) is 9.24. The highest BCUT2D eigenvalue weighted by Gasteiger charge is 2.36. The zero-order valence-electron chi connectivity index (χ0n) is 24.3. The highest BCUT2D eigenvalue weighted by Crippen LogP contribution is 2.28. The molecule has 3 N–H and O–H groups in total. The molecule has 0 aliphatic carbocycles. The third kappa shape index (κ3) is 7.00. The molecule has 41 heavy (non-hydrogen) atoms. The first-order valence-electron chi connectivity index (χ1n) is 14.2. The average molecular weight is 565 g/mol. The van der Waals surface area contributed by atoms with Crippen molar-refractivity contribution in [3.8, 4) is 0 Å². The van der Waals surface area contributed by atoms with Gasteiger partial charge in [0.2, 0.25) is 5.91 Å². The van der Waals surface area contributed by atoms with E-state index in [1.54, 1.807) is 6.92 Å². The fraction of sp³-hybridized carbons (Fsp3) is 0.516. The van der Waals surface area contributed by atoms with Crippen LogP contribution in [-0.2, 0) is 23.9 Å². The Morgan fingerprint density at radius 3 is 2.59 bits per heavy atom. The molecule has 0 spiro atoms. The van der Waals surface area contributed by atoms with Gasteiger partial charge in [-0.1, -0.05) is 44.2 Å². The Morgan fingerprint density at radius 2 is 1.88 bits per heavy atom. The predicted molar refractivity (Wildman–Crippen MR) is 154 cm³/mol. The number of aromatic nitrogens is 1. The summed E-state index contributed by atoms with van der Waals surface area (Å²) in [5.74, 6) is -2.58. The largest absolute Gasteiger partial charge is 0.455 e. The maximum absolute atomic E-state index is 13.4. The number of cyclic esters (lactones) is 1. The predicted octanol–water partition coefficient (Wildman–Crippen LogP) is 3.10. The number of fused-ring (bicyclic) bond motifs is 4. The number of Topliss-reactive ketones (excluding diaryl/α,β-unsaturated/α-hetero) is 1. The van der Waals surface area contributed by atoms with Crippen molar-refractivity contribution in [1.29, 1.82) is 0 Å². The lowest BCUT2D eigenvalue weighted by Crippen LogP contribution is -2.61. The van der Waals surface area contributed by atoms with Crippen molar-refractivity contribution in [1.82, 2.24) is 20.7 Å². The molecule has 0 saturated carbocycles. The number of hydrogen-bond donors (Lipinski definition) is 3. The number of pyridine rings is 1. The Bertz CT molecular complexity index is 1350. The molecule has 1 unspecified atom stereocenters. The zero-order valence-corrected chi connectivity index (χ0v) is 24.3. The fourth-order valence-corrected chi connectivity index (χ4v) is 5.06. The normalized spacial score (nSPS) is 27.0. The maximum atomic E-state index is 13.4. The standard InChI is InChI=1S/C31H40N4O6/c1-18(2)22-16-27(37)31(4,5)13-12-20-8-9-21-10-11-23(32-25(21)15-20)19(3)41-30(40)24-7-6-14-35(34-24)29(39)26(17-36)33-28(22)38/h8-13,15,18-19,22,24,26,34,36H,6-7,14,16-17H2,1-5H3,(H,33,38)/b13-12+/t19-,22+,24?,26+/m1/s1. The fourth-order valence-electron chi connectivity index (χ4n) is 5.06. The molecule has 2 aromatic rings. The molecule has 2 amide bonds. The second-order valence-corrected chi connectivity index (χ2v) is 11.9. The van der Waals surface area contributed by atoms with E-state index in [0.717, 1.165) is 16.5 Å². The maximum Gasteiger partial charge on any atom is 0.325 e. The van der Waals surface area contributed by atoms with Gasteiger partial charge in [-0.3, -0.25) is 24.2 Å². The molecule has 2 aliphatic rings. The van der Waals surface area contributed by atoms with Gasteiger partial charge in [0.25, 0.3) is 5.91 Å². The number of ether oxygens (including phenoxy) is 1. The van der Waals surface area contributed by atoms with Crippen LogP contribution >= 0.6 is 0 Å². The number of rotatable bonds is 2. The van der Waals surface area contributed by atoms with Crippen LogP contribution in [0, 0.1) is 17.3 Å². The summed E-state index contributed by atoms with van der Waals surface area (Å²) in [6.45, 7) is 8.72. The first-order chi connectivity index (χ1) is 19.4. The number of aliphatic hydroxyl groups is 1. The highest BCUT2D eigenvalue weighted by atomic mass is 16.5. The van der Waals surface area contributed by atoms with Crippen molar-refractivity contribution in [2.24, 2.45) is 17.3 Å². The number of carbonyl (C=O) groups excluding carboxylic acids is 4. The van der Waals surface area contributed by atoms with Gasteiger partial charge in [-0.15, -0.1) is 0 Å². The summed E-state index contributed by atoms with van der Waals surface area (Å²) < 4.78 is 5.73. The average Bonchev–Trinajstić information content (AvgIpc) is 2.95. The Morgan fingerprint density at radius 1 is 1.15 bits per heavy atom. The van der Waals surface area contributed by atoms with Gasteiger partial charge in [0, 0.05) is 29.7 Å². The van der Waals surface area contributed by atoms with Crippen molar-refractivity contribution in [2.75, 3.05) is 13.2 Å². The van der Waals surface area contributed by atoms with Crippen LogP contribution in [0.2, 0.25) is 0 Å². The molecular formula is C31H40N4O6. The summed E-state index contributed by atoms with van der Waals surface area (Å²) in [5, 5.41) is 14.8. The lowest BCUT2D eigenvalue weighted by atomic mass is 9.79. The summed E-state index contributed by atoms with van der Waals surface area (Å²) in [5.41, 5.74) is 4.21. The number of ketones is 1. The Labute approximate surface area is 240 Å². The van der Waals surface area contributed by atoms with E-state index in [9.17, 15) is 24.3 Å². The number of nitrogens with one attached hydrogen (secondary N) is 2. The Hall–Kier alpha value is -3.63. The molecule has 1 aromatic carbocycles. The van der Waals surface area contributed by atoms with E-state index in [4.69, 9.17) is 9.72 Å². The van der Waals surface area contributed by atoms with E-state index in [-0.39, 0.29) is 18.1 Å². The quantitative estimate of drug-likeness (QED) is 0.473. The molecule has 2 aliphatic heterocycles. The highest BCUT2D eigenvalue weighted by molar-refractivity contribution is 5.94. The third-order valence-electron chi connectivity index (χ3n) is 7.94. The summed E-state index contributed by atoms with van der Waals surface area (Å²) >= 11 is 0. The van der Waals surface area contributed by atoms with Gasteiger partial charge >= 0.3 is 5.97 Å². The van der Waals surface area contributed by atoms with Crippen LogP contribution in [0.15, 0.2) is 36.4 Å². The number of hydrazine groups is 1. The van der Waals surface area contributed by atoms with Crippen LogP contribution in [0.5, 0.6) is 0 Å². The van der Waals surface area contributed by atoms with Crippen LogP contribution in [0.4, 0.5) is 0 Å². The minimum Gasteiger partial charge on any atom is -0.455 e. The molecule has 1 saturated heterocycles. The number of benzene rings is 1. The molecule has 220 valence electrons. The summed E-state index contributed by atoms with van der Waals surface area (Å²) in [6, 6.07) is 7.53. The second kappa shape index (κ2) is 12.5. The monoisotopic (exact) mass is 564 g/mol. The van der Waals surface area contributed by atoms with Gasteiger partial charge in [-0.2, -0.15) is 0 Å². The second-order valence-electron chi connectivity index (χ2n) is 11.9. The smallest absolute Gasteiger partial charge is 0.325 e. The van der Waals surface area contributed by atoms with Gasteiger partial charge in [0.05, 0.1) is 17.8 Å². The molecule has 10 nitrogen and oxygen atoms in total. The third-order valence-corrected chi connectivity index (χ3v) is 7.94. The first-order valence-corrected chi connectivity index (χ1v) is 14.2. The Balaban J connectivity index is 1.72. The van der Waals surface area contributed by atoms with E-state index in [1.165, 1.54) is 5.01 Å². The zero-order chi connectivity index (χ0) is 29.9. The number of allylic oxidation sites excluding steroid dienone is 1. The number of aliphatic hydroxyl groups excluding tert-OH is 1. The lowest BCUT2D eigenvalue weighted by molar-refractivity contribution is -0.157. The van der Waals surface area contributed by atoms with Gasteiger partial charge in [-0.25, -0.2) is 10.4 Å². The van der Waals surface area contributed by atoms with E-state index >= 15 is 0 Å². The van der Waals surface area contributed by atoms with Crippen LogP contribution in [0.3, 0.4) is 0 Å². The minimum absolute atomic E-state index is 0.0242. The summed E-state index contributed by atoms with van der Waals surface area (Å²) in [7, 11) is 0. The lowest BCUT2D eigenvalue weighted by Gasteiger charge is -2.35. The number of amides is 2. The number of hydrogen-bond acceptors (Lipinski definition) is 8. The molecule has 10 heteroatoms. The van der Waals surface area contributed by atoms with E-state index in [0.29, 0.717) is 25.1 Å². The molecule has 4 rings (SSSR count). The topological polar surface area (TPSA) is 138 Å². The molecule has 4 atom stereocenters. The van der Waals surface area contributed by atoms with Crippen molar-refractivity contribution in [3.63, 3.8) is 0 Å². The summed E-state index contributed by atoms with van der Waals surface area (Å²) in [4.78, 5) is 57.8. The van der Waals surface area contributed by atoms with E-state index < -0.39 is 53.9 Å². The van der Waals surface area contributed by atoms with Crippen LogP contribution in [0.25, 0.3) is 17.0 Å². The van der Waals surface area contributed by atoms with Gasteiger partial charge in [-0.05, 0) is 57.2 Å². The first kappa shape index (κ1) is 30.3.